The Bertz CT molecular complexity index is 745. The Hall–Kier alpha value is -2.27. The van der Waals surface area contributed by atoms with E-state index < -0.39 is 0 Å². The molecule has 2 heterocycles. The van der Waals surface area contributed by atoms with Crippen LogP contribution in [-0.4, -0.2) is 19.7 Å². The van der Waals surface area contributed by atoms with Gasteiger partial charge in [-0.3, -0.25) is 4.98 Å². The molecule has 5 nitrogen and oxygen atoms in total. The maximum Gasteiger partial charge on any atom is 0.148 e. The number of aryl methyl sites for hydroxylation is 2. The van der Waals surface area contributed by atoms with Crippen molar-refractivity contribution in [3.63, 3.8) is 0 Å². The Morgan fingerprint density at radius 3 is 2.68 bits per heavy atom. The molecule has 3 rings (SSSR count). The number of nitrogens with two attached hydrogens (primary N) is 1. The molecular weight excluding hydrogens is 238 g/mol. The highest BCUT2D eigenvalue weighted by Gasteiger charge is 2.13. The van der Waals surface area contributed by atoms with Gasteiger partial charge >= 0.3 is 0 Å². The van der Waals surface area contributed by atoms with Crippen molar-refractivity contribution in [2.75, 3.05) is 0 Å². The van der Waals surface area contributed by atoms with E-state index in [4.69, 9.17) is 5.73 Å². The summed E-state index contributed by atoms with van der Waals surface area (Å²) >= 11 is 0. The highest BCUT2D eigenvalue weighted by atomic mass is 15.3. The molecule has 2 aromatic heterocycles. The van der Waals surface area contributed by atoms with Crippen LogP contribution in [0.25, 0.3) is 16.6 Å². The Labute approximate surface area is 111 Å². The average molecular weight is 253 g/mol. The molecule has 19 heavy (non-hydrogen) atoms. The van der Waals surface area contributed by atoms with Gasteiger partial charge in [0.1, 0.15) is 11.6 Å². The minimum absolute atomic E-state index is 0.422. The second-order valence-electron chi connectivity index (χ2n) is 4.47. The van der Waals surface area contributed by atoms with Crippen molar-refractivity contribution in [3.05, 3.63) is 47.7 Å². The van der Waals surface area contributed by atoms with E-state index in [-0.39, 0.29) is 0 Å². The van der Waals surface area contributed by atoms with E-state index in [0.717, 1.165) is 33.8 Å². The predicted octanol–water partition coefficient (Wildman–Crippen LogP) is 1.89. The normalized spacial score (nSPS) is 11.1. The lowest BCUT2D eigenvalue weighted by atomic mass is 10.1. The van der Waals surface area contributed by atoms with Gasteiger partial charge in [0.15, 0.2) is 0 Å². The van der Waals surface area contributed by atoms with Crippen LogP contribution in [0.5, 0.6) is 0 Å². The van der Waals surface area contributed by atoms with Gasteiger partial charge in [-0.05, 0) is 19.9 Å². The minimum Gasteiger partial charge on any atom is -0.326 e. The molecule has 0 atom stereocenters. The Kier molecular flexibility index (Phi) is 2.76. The lowest BCUT2D eigenvalue weighted by Gasteiger charge is -2.12. The third-order valence-corrected chi connectivity index (χ3v) is 3.13. The van der Waals surface area contributed by atoms with E-state index in [0.29, 0.717) is 6.54 Å². The van der Waals surface area contributed by atoms with Crippen molar-refractivity contribution < 1.29 is 0 Å². The lowest BCUT2D eigenvalue weighted by molar-refractivity contribution is 0.820. The van der Waals surface area contributed by atoms with E-state index in [1.807, 2.05) is 49.0 Å². The largest absolute Gasteiger partial charge is 0.326 e. The van der Waals surface area contributed by atoms with Crippen molar-refractivity contribution >= 4 is 10.9 Å². The number of nitrogens with zero attached hydrogens (tertiary/aromatic N) is 4. The fourth-order valence-corrected chi connectivity index (χ4v) is 2.30. The topological polar surface area (TPSA) is 69.6 Å². The summed E-state index contributed by atoms with van der Waals surface area (Å²) in [5.74, 6) is 1.60. The van der Waals surface area contributed by atoms with Crippen LogP contribution in [0.15, 0.2) is 30.5 Å². The van der Waals surface area contributed by atoms with Crippen molar-refractivity contribution in [2.24, 2.45) is 5.73 Å². The molecule has 2 N–H and O–H groups in total. The van der Waals surface area contributed by atoms with Crippen molar-refractivity contribution in [1.82, 2.24) is 19.7 Å². The smallest absolute Gasteiger partial charge is 0.148 e. The molecular formula is C14H15N5. The van der Waals surface area contributed by atoms with Gasteiger partial charge in [-0.15, -0.1) is 0 Å². The molecule has 0 fully saturated rings. The van der Waals surface area contributed by atoms with E-state index in [1.54, 1.807) is 0 Å². The Morgan fingerprint density at radius 2 is 2.00 bits per heavy atom. The summed E-state index contributed by atoms with van der Waals surface area (Å²) in [6.07, 6.45) is 1.81. The molecule has 0 spiro atoms. The molecule has 0 saturated carbocycles. The summed E-state index contributed by atoms with van der Waals surface area (Å²) in [4.78, 5) is 8.79. The first-order chi connectivity index (χ1) is 9.20. The number of hydrogen-bond donors (Lipinski definition) is 1. The fraction of sp³-hybridized carbons (Fsp3) is 0.214. The molecule has 0 bridgehead atoms. The molecule has 3 aromatic rings. The molecule has 0 aliphatic rings. The van der Waals surface area contributed by atoms with Gasteiger partial charge in [-0.2, -0.15) is 5.10 Å². The van der Waals surface area contributed by atoms with Crippen molar-refractivity contribution in [3.8, 4) is 5.69 Å². The summed E-state index contributed by atoms with van der Waals surface area (Å²) < 4.78 is 1.85. The third-order valence-electron chi connectivity index (χ3n) is 3.13. The SMILES string of the molecule is Cc1nc(C)n(-c2c(CN)cnc3ccccc23)n1. The Morgan fingerprint density at radius 1 is 1.21 bits per heavy atom. The van der Waals surface area contributed by atoms with Gasteiger partial charge in [-0.25, -0.2) is 9.67 Å². The molecule has 0 saturated heterocycles. The monoisotopic (exact) mass is 253 g/mol. The number of fused-ring (bicyclic) bond motifs is 1. The third kappa shape index (κ3) is 1.88. The zero-order valence-corrected chi connectivity index (χ0v) is 11.0. The number of hydrogen-bond acceptors (Lipinski definition) is 4. The van der Waals surface area contributed by atoms with Crippen LogP contribution in [0, 0.1) is 13.8 Å². The van der Waals surface area contributed by atoms with Crippen LogP contribution >= 0.6 is 0 Å². The quantitative estimate of drug-likeness (QED) is 0.757. The molecule has 0 amide bonds. The van der Waals surface area contributed by atoms with E-state index >= 15 is 0 Å². The Balaban J connectivity index is 2.40. The molecule has 0 aliphatic heterocycles. The molecule has 0 unspecified atom stereocenters. The summed E-state index contributed by atoms with van der Waals surface area (Å²) in [5, 5.41) is 5.50. The average Bonchev–Trinajstić information content (AvgIpc) is 2.76. The molecule has 0 aliphatic carbocycles. The molecule has 0 radical (unpaired) electrons. The van der Waals surface area contributed by atoms with Crippen molar-refractivity contribution in [2.45, 2.75) is 20.4 Å². The zero-order chi connectivity index (χ0) is 13.4. The first kappa shape index (κ1) is 11.8. The summed E-state index contributed by atoms with van der Waals surface area (Å²) in [6, 6.07) is 7.99. The van der Waals surface area contributed by atoms with Crippen LogP contribution in [0.1, 0.15) is 17.2 Å². The zero-order valence-electron chi connectivity index (χ0n) is 11.0. The van der Waals surface area contributed by atoms with Gasteiger partial charge in [-0.1, -0.05) is 18.2 Å². The van der Waals surface area contributed by atoms with Gasteiger partial charge in [0.2, 0.25) is 0 Å². The maximum atomic E-state index is 5.83. The minimum atomic E-state index is 0.422. The second-order valence-corrected chi connectivity index (χ2v) is 4.47. The maximum absolute atomic E-state index is 5.83. The van der Waals surface area contributed by atoms with Crippen LogP contribution in [0.2, 0.25) is 0 Å². The first-order valence-corrected chi connectivity index (χ1v) is 6.18. The highest BCUT2D eigenvalue weighted by molar-refractivity contribution is 5.88. The fourth-order valence-electron chi connectivity index (χ4n) is 2.30. The molecule has 5 heteroatoms. The van der Waals surface area contributed by atoms with Gasteiger partial charge in [0, 0.05) is 23.7 Å². The van der Waals surface area contributed by atoms with Gasteiger partial charge in [0.05, 0.1) is 11.2 Å². The van der Waals surface area contributed by atoms with Gasteiger partial charge in [0.25, 0.3) is 0 Å². The molecule has 1 aromatic carbocycles. The highest BCUT2D eigenvalue weighted by Crippen LogP contribution is 2.24. The first-order valence-electron chi connectivity index (χ1n) is 6.18. The van der Waals surface area contributed by atoms with E-state index in [2.05, 4.69) is 15.1 Å². The van der Waals surface area contributed by atoms with E-state index in [1.165, 1.54) is 0 Å². The van der Waals surface area contributed by atoms with Crippen LogP contribution < -0.4 is 5.73 Å². The summed E-state index contributed by atoms with van der Waals surface area (Å²) in [6.45, 7) is 4.25. The summed E-state index contributed by atoms with van der Waals surface area (Å²) in [7, 11) is 0. The number of benzene rings is 1. The lowest BCUT2D eigenvalue weighted by Crippen LogP contribution is -2.09. The second kappa shape index (κ2) is 4.44. The van der Waals surface area contributed by atoms with Crippen LogP contribution in [0.4, 0.5) is 0 Å². The van der Waals surface area contributed by atoms with Crippen LogP contribution in [-0.2, 0) is 6.54 Å². The number of para-hydroxylation sites is 1. The predicted molar refractivity (Wildman–Crippen MR) is 74.0 cm³/mol. The van der Waals surface area contributed by atoms with Gasteiger partial charge < -0.3 is 5.73 Å². The van der Waals surface area contributed by atoms with Crippen LogP contribution in [0.3, 0.4) is 0 Å². The van der Waals surface area contributed by atoms with E-state index in [9.17, 15) is 0 Å². The number of rotatable bonds is 2. The standard InChI is InChI=1S/C14H15N5/c1-9-17-10(2)19(18-9)14-11(7-15)8-16-13-6-4-3-5-12(13)14/h3-6,8H,7,15H2,1-2H3. The molecule has 96 valence electrons. The number of pyridine rings is 1. The number of aromatic nitrogens is 4. The summed E-state index contributed by atoms with van der Waals surface area (Å²) in [5.41, 5.74) is 8.71. The van der Waals surface area contributed by atoms with Crippen molar-refractivity contribution in [1.29, 1.82) is 0 Å².